The van der Waals surface area contributed by atoms with Crippen LogP contribution in [0.1, 0.15) is 25.3 Å². The fourth-order valence-corrected chi connectivity index (χ4v) is 6.38. The lowest BCUT2D eigenvalue weighted by atomic mass is 10.0. The molecule has 2 aliphatic rings. The molecule has 0 bridgehead atoms. The third-order valence-electron chi connectivity index (χ3n) is 5.80. The summed E-state index contributed by atoms with van der Waals surface area (Å²) in [6, 6.07) is 10.6. The first-order valence-corrected chi connectivity index (χ1v) is 11.7. The zero-order chi connectivity index (χ0) is 18.9. The van der Waals surface area contributed by atoms with Crippen molar-refractivity contribution in [3.05, 3.63) is 48.3 Å². The van der Waals surface area contributed by atoms with Crippen LogP contribution in [0.2, 0.25) is 0 Å². The molecule has 1 aromatic heterocycles. The molecule has 0 saturated carbocycles. The molecule has 2 aliphatic heterocycles. The van der Waals surface area contributed by atoms with E-state index in [1.54, 1.807) is 6.20 Å². The summed E-state index contributed by atoms with van der Waals surface area (Å²) in [5, 5.41) is 4.26. The third kappa shape index (κ3) is 4.10. The lowest BCUT2D eigenvalue weighted by Crippen LogP contribution is -2.58. The maximum atomic E-state index is 12.3. The van der Waals surface area contributed by atoms with Gasteiger partial charge in [0.1, 0.15) is 0 Å². The average molecular weight is 389 g/mol. The lowest BCUT2D eigenvalue weighted by molar-refractivity contribution is 0.0397. The van der Waals surface area contributed by atoms with Gasteiger partial charge >= 0.3 is 0 Å². The Morgan fingerprint density at radius 1 is 1.07 bits per heavy atom. The molecule has 3 heterocycles. The smallest absolute Gasteiger partial charge is 0.153 e. The fourth-order valence-electron chi connectivity index (χ4n) is 4.34. The molecular formula is C20H28N4O2S. The van der Waals surface area contributed by atoms with E-state index in [-0.39, 0.29) is 12.1 Å². The molecule has 2 aromatic rings. The average Bonchev–Trinajstić information content (AvgIpc) is 3.29. The van der Waals surface area contributed by atoms with E-state index in [4.69, 9.17) is 0 Å². The molecule has 0 N–H and O–H groups in total. The number of rotatable bonds is 6. The highest BCUT2D eigenvalue weighted by Crippen LogP contribution is 2.28. The van der Waals surface area contributed by atoms with Gasteiger partial charge in [0.15, 0.2) is 9.84 Å². The minimum atomic E-state index is -2.94. The van der Waals surface area contributed by atoms with Crippen LogP contribution < -0.4 is 0 Å². The summed E-state index contributed by atoms with van der Waals surface area (Å²) < 4.78 is 26.5. The number of nitrogens with zero attached hydrogens (tertiary/aromatic N) is 4. The molecule has 4 rings (SSSR count). The Morgan fingerprint density at radius 3 is 2.44 bits per heavy atom. The van der Waals surface area contributed by atoms with Gasteiger partial charge in [-0.2, -0.15) is 5.10 Å². The molecule has 0 radical (unpaired) electrons. The molecular weight excluding hydrogens is 360 g/mol. The van der Waals surface area contributed by atoms with Gasteiger partial charge in [0.25, 0.3) is 0 Å². The molecule has 27 heavy (non-hydrogen) atoms. The minimum absolute atomic E-state index is 0.117. The summed E-state index contributed by atoms with van der Waals surface area (Å²) in [5.74, 6) is 0.613. The highest BCUT2D eigenvalue weighted by atomic mass is 32.2. The van der Waals surface area contributed by atoms with Gasteiger partial charge in [0, 0.05) is 44.1 Å². The molecule has 0 amide bonds. The molecule has 2 fully saturated rings. The van der Waals surface area contributed by atoms with Crippen molar-refractivity contribution < 1.29 is 8.42 Å². The Labute approximate surface area is 161 Å². The SMILES string of the molecule is CCCCN1CCN(Cc2ccc(-n3cccn3)cc2)[C@H]2CS(=O)(=O)C[C@H]21. The summed E-state index contributed by atoms with van der Waals surface area (Å²) in [5.41, 5.74) is 2.26. The highest BCUT2D eigenvalue weighted by molar-refractivity contribution is 7.91. The maximum Gasteiger partial charge on any atom is 0.153 e. The summed E-state index contributed by atoms with van der Waals surface area (Å²) >= 11 is 0. The van der Waals surface area contributed by atoms with E-state index in [2.05, 4.69) is 46.1 Å². The fraction of sp³-hybridized carbons (Fsp3) is 0.550. The number of sulfone groups is 1. The second-order valence-electron chi connectivity index (χ2n) is 7.69. The van der Waals surface area contributed by atoms with Crippen LogP contribution in [0.25, 0.3) is 5.69 Å². The lowest BCUT2D eigenvalue weighted by Gasteiger charge is -2.44. The summed E-state index contributed by atoms with van der Waals surface area (Å²) in [6.07, 6.45) is 5.98. The van der Waals surface area contributed by atoms with Crippen LogP contribution in [-0.4, -0.2) is 71.2 Å². The number of hydrogen-bond donors (Lipinski definition) is 0. The molecule has 146 valence electrons. The summed E-state index contributed by atoms with van der Waals surface area (Å²) in [7, 11) is -2.94. The normalized spacial score (nSPS) is 25.5. The van der Waals surface area contributed by atoms with Crippen LogP contribution in [0.3, 0.4) is 0 Å². The van der Waals surface area contributed by atoms with Gasteiger partial charge in [-0.1, -0.05) is 25.5 Å². The standard InChI is InChI=1S/C20H28N4O2S/c1-2-3-10-22-12-13-23(20-16-27(25,26)15-19(20)22)14-17-5-7-18(8-6-17)24-11-4-9-21-24/h4-9,11,19-20H,2-3,10,12-16H2,1H3/t19-,20+/m1/s1. The number of unbranched alkanes of at least 4 members (excludes halogenated alkanes) is 1. The van der Waals surface area contributed by atoms with Gasteiger partial charge in [0.2, 0.25) is 0 Å². The van der Waals surface area contributed by atoms with Crippen LogP contribution in [0, 0.1) is 0 Å². The van der Waals surface area contributed by atoms with Crippen molar-refractivity contribution in [3.8, 4) is 5.69 Å². The van der Waals surface area contributed by atoms with Crippen LogP contribution in [0.4, 0.5) is 0 Å². The second kappa shape index (κ2) is 7.73. The van der Waals surface area contributed by atoms with Gasteiger partial charge < -0.3 is 0 Å². The van der Waals surface area contributed by atoms with E-state index in [9.17, 15) is 8.42 Å². The van der Waals surface area contributed by atoms with E-state index in [0.29, 0.717) is 11.5 Å². The van der Waals surface area contributed by atoms with Gasteiger partial charge in [-0.15, -0.1) is 0 Å². The van der Waals surface area contributed by atoms with E-state index in [0.717, 1.165) is 44.7 Å². The number of benzene rings is 1. The first-order valence-electron chi connectivity index (χ1n) is 9.83. The van der Waals surface area contributed by atoms with Crippen molar-refractivity contribution in [2.75, 3.05) is 31.1 Å². The van der Waals surface area contributed by atoms with Gasteiger partial charge in [-0.05, 0) is 36.7 Å². The Kier molecular flexibility index (Phi) is 5.34. The zero-order valence-electron chi connectivity index (χ0n) is 15.9. The van der Waals surface area contributed by atoms with Gasteiger partial charge in [-0.25, -0.2) is 13.1 Å². The van der Waals surface area contributed by atoms with Crippen molar-refractivity contribution >= 4 is 9.84 Å². The van der Waals surface area contributed by atoms with Crippen molar-refractivity contribution in [3.63, 3.8) is 0 Å². The predicted molar refractivity (Wildman–Crippen MR) is 107 cm³/mol. The Hall–Kier alpha value is -1.70. The predicted octanol–water partition coefficient (Wildman–Crippen LogP) is 1.96. The zero-order valence-corrected chi connectivity index (χ0v) is 16.7. The van der Waals surface area contributed by atoms with Crippen molar-refractivity contribution in [1.29, 1.82) is 0 Å². The Balaban J connectivity index is 1.47. The molecule has 0 spiro atoms. The second-order valence-corrected chi connectivity index (χ2v) is 9.84. The topological polar surface area (TPSA) is 58.4 Å². The molecule has 2 atom stereocenters. The number of piperazine rings is 1. The molecule has 1 aromatic carbocycles. The van der Waals surface area contributed by atoms with Crippen LogP contribution in [0.15, 0.2) is 42.7 Å². The minimum Gasteiger partial charge on any atom is -0.297 e. The first kappa shape index (κ1) is 18.7. The summed E-state index contributed by atoms with van der Waals surface area (Å²) in [6.45, 7) is 5.90. The van der Waals surface area contributed by atoms with Crippen molar-refractivity contribution in [1.82, 2.24) is 19.6 Å². The van der Waals surface area contributed by atoms with E-state index < -0.39 is 9.84 Å². The van der Waals surface area contributed by atoms with Gasteiger partial charge in [-0.3, -0.25) is 9.80 Å². The first-order chi connectivity index (χ1) is 13.1. The Morgan fingerprint density at radius 2 is 1.78 bits per heavy atom. The Bertz CT molecular complexity index is 849. The molecule has 6 nitrogen and oxygen atoms in total. The van der Waals surface area contributed by atoms with Gasteiger partial charge in [0.05, 0.1) is 17.2 Å². The molecule has 0 unspecified atom stereocenters. The van der Waals surface area contributed by atoms with Crippen molar-refractivity contribution in [2.45, 2.75) is 38.4 Å². The molecule has 7 heteroatoms. The van der Waals surface area contributed by atoms with Crippen molar-refractivity contribution in [2.24, 2.45) is 0 Å². The van der Waals surface area contributed by atoms with E-state index in [1.165, 1.54) is 5.56 Å². The van der Waals surface area contributed by atoms with E-state index >= 15 is 0 Å². The van der Waals surface area contributed by atoms with Crippen LogP contribution in [0.5, 0.6) is 0 Å². The quantitative estimate of drug-likeness (QED) is 0.757. The molecule has 2 saturated heterocycles. The van der Waals surface area contributed by atoms with Crippen LogP contribution in [-0.2, 0) is 16.4 Å². The monoisotopic (exact) mass is 388 g/mol. The maximum absolute atomic E-state index is 12.3. The molecule has 0 aliphatic carbocycles. The van der Waals surface area contributed by atoms with E-state index in [1.807, 2.05) is 16.9 Å². The number of fused-ring (bicyclic) bond motifs is 1. The largest absolute Gasteiger partial charge is 0.297 e. The highest BCUT2D eigenvalue weighted by Gasteiger charge is 2.46. The number of hydrogen-bond acceptors (Lipinski definition) is 5. The summed E-state index contributed by atoms with van der Waals surface area (Å²) in [4.78, 5) is 4.79. The van der Waals surface area contributed by atoms with Crippen LogP contribution >= 0.6 is 0 Å². The number of aromatic nitrogens is 2. The third-order valence-corrected chi connectivity index (χ3v) is 7.49.